The topological polar surface area (TPSA) is 95.1 Å². The molecule has 120 valence electrons. The number of nitrogens with one attached hydrogen (secondary N) is 1. The van der Waals surface area contributed by atoms with Gasteiger partial charge in [-0.2, -0.15) is 0 Å². The number of amides is 1. The smallest absolute Gasteiger partial charge is 0.207 e. The molecule has 0 atom stereocenters. The maximum absolute atomic E-state index is 10.3. The van der Waals surface area contributed by atoms with Gasteiger partial charge in [-0.25, -0.2) is 9.97 Å². The Labute approximate surface area is 129 Å². The molecule has 0 saturated carbocycles. The molecular weight excluding hydrogens is 282 g/mol. The van der Waals surface area contributed by atoms with Crippen LogP contribution in [-0.2, 0) is 22.7 Å². The number of carbonyl (C=O) groups is 1. The molecule has 0 unspecified atom stereocenters. The Kier molecular flexibility index (Phi) is 5.71. The molecule has 0 aromatic carbocycles. The molecule has 3 N–H and O–H groups in total. The molecule has 0 aliphatic carbocycles. The SMILES string of the molecule is CCOCc1nc2c(N)ncc(C)c2n1CCCCNC=O. The molecular formula is C15H23N5O2. The number of nitrogens with zero attached hydrogens (tertiary/aromatic N) is 3. The summed E-state index contributed by atoms with van der Waals surface area (Å²) in [5.41, 5.74) is 8.76. The van der Waals surface area contributed by atoms with E-state index in [2.05, 4.69) is 19.9 Å². The van der Waals surface area contributed by atoms with Crippen LogP contribution in [0.25, 0.3) is 11.0 Å². The number of pyridine rings is 1. The highest BCUT2D eigenvalue weighted by Gasteiger charge is 2.15. The minimum Gasteiger partial charge on any atom is -0.382 e. The van der Waals surface area contributed by atoms with Crippen molar-refractivity contribution in [1.29, 1.82) is 0 Å². The average Bonchev–Trinajstić information content (AvgIpc) is 2.88. The van der Waals surface area contributed by atoms with Gasteiger partial charge in [0.05, 0.1) is 5.52 Å². The Bertz CT molecular complexity index is 638. The van der Waals surface area contributed by atoms with E-state index in [1.165, 1.54) is 0 Å². The van der Waals surface area contributed by atoms with Crippen LogP contribution in [0.15, 0.2) is 6.20 Å². The number of anilines is 1. The Hall–Kier alpha value is -2.15. The zero-order valence-corrected chi connectivity index (χ0v) is 13.1. The highest BCUT2D eigenvalue weighted by Crippen LogP contribution is 2.24. The first-order valence-electron chi connectivity index (χ1n) is 7.54. The second-order valence-corrected chi connectivity index (χ2v) is 5.12. The third kappa shape index (κ3) is 3.54. The van der Waals surface area contributed by atoms with E-state index in [0.29, 0.717) is 25.6 Å². The summed E-state index contributed by atoms with van der Waals surface area (Å²) < 4.78 is 7.66. The molecule has 7 nitrogen and oxygen atoms in total. The maximum atomic E-state index is 10.3. The number of aryl methyl sites for hydroxylation is 2. The molecule has 0 spiro atoms. The molecule has 0 radical (unpaired) electrons. The number of ether oxygens (including phenoxy) is 1. The first-order valence-corrected chi connectivity index (χ1v) is 7.54. The van der Waals surface area contributed by atoms with Crippen molar-refractivity contribution in [1.82, 2.24) is 19.9 Å². The first-order chi connectivity index (χ1) is 10.7. The van der Waals surface area contributed by atoms with Crippen molar-refractivity contribution in [2.75, 3.05) is 18.9 Å². The van der Waals surface area contributed by atoms with Crippen molar-refractivity contribution in [3.05, 3.63) is 17.6 Å². The number of aromatic nitrogens is 3. The van der Waals surface area contributed by atoms with Gasteiger partial charge in [0.15, 0.2) is 5.82 Å². The molecule has 2 aromatic rings. The van der Waals surface area contributed by atoms with Crippen LogP contribution in [-0.4, -0.2) is 34.1 Å². The van der Waals surface area contributed by atoms with Crippen molar-refractivity contribution >= 4 is 23.3 Å². The minimum absolute atomic E-state index is 0.444. The molecule has 0 aliphatic rings. The van der Waals surface area contributed by atoms with Gasteiger partial charge in [-0.3, -0.25) is 4.79 Å². The van der Waals surface area contributed by atoms with Gasteiger partial charge in [0.25, 0.3) is 0 Å². The lowest BCUT2D eigenvalue weighted by Crippen LogP contribution is -2.13. The maximum Gasteiger partial charge on any atom is 0.207 e. The lowest BCUT2D eigenvalue weighted by Gasteiger charge is -2.10. The predicted molar refractivity (Wildman–Crippen MR) is 85.3 cm³/mol. The minimum atomic E-state index is 0.444. The van der Waals surface area contributed by atoms with Gasteiger partial charge in [0.1, 0.15) is 17.9 Å². The van der Waals surface area contributed by atoms with Gasteiger partial charge in [-0.1, -0.05) is 0 Å². The molecule has 2 rings (SSSR count). The van der Waals surface area contributed by atoms with Crippen LogP contribution >= 0.6 is 0 Å². The predicted octanol–water partition coefficient (Wildman–Crippen LogP) is 1.38. The monoisotopic (exact) mass is 305 g/mol. The van der Waals surface area contributed by atoms with Gasteiger partial charge in [-0.05, 0) is 32.3 Å². The van der Waals surface area contributed by atoms with E-state index in [4.69, 9.17) is 10.5 Å². The van der Waals surface area contributed by atoms with E-state index in [-0.39, 0.29) is 0 Å². The van der Waals surface area contributed by atoms with E-state index in [0.717, 1.165) is 48.2 Å². The zero-order valence-electron chi connectivity index (χ0n) is 13.1. The number of hydrogen-bond acceptors (Lipinski definition) is 5. The summed E-state index contributed by atoms with van der Waals surface area (Å²) >= 11 is 0. The summed E-state index contributed by atoms with van der Waals surface area (Å²) in [4.78, 5) is 19.0. The fraction of sp³-hybridized carbons (Fsp3) is 0.533. The Morgan fingerprint density at radius 2 is 2.27 bits per heavy atom. The van der Waals surface area contributed by atoms with Crippen LogP contribution in [0.1, 0.15) is 31.2 Å². The van der Waals surface area contributed by atoms with Crippen LogP contribution in [0.4, 0.5) is 5.82 Å². The molecule has 0 bridgehead atoms. The second kappa shape index (κ2) is 7.74. The average molecular weight is 305 g/mol. The summed E-state index contributed by atoms with van der Waals surface area (Å²) in [6.45, 7) is 6.55. The lowest BCUT2D eigenvalue weighted by atomic mass is 10.2. The highest BCUT2D eigenvalue weighted by atomic mass is 16.5. The molecule has 22 heavy (non-hydrogen) atoms. The van der Waals surface area contributed by atoms with Crippen LogP contribution in [0.3, 0.4) is 0 Å². The number of imidazole rings is 1. The third-order valence-electron chi connectivity index (χ3n) is 3.53. The van der Waals surface area contributed by atoms with E-state index < -0.39 is 0 Å². The lowest BCUT2D eigenvalue weighted by molar-refractivity contribution is -0.109. The number of nitrogens with two attached hydrogens (primary N) is 1. The van der Waals surface area contributed by atoms with Gasteiger partial charge in [0, 0.05) is 25.9 Å². The van der Waals surface area contributed by atoms with Crippen LogP contribution in [0, 0.1) is 6.92 Å². The van der Waals surface area contributed by atoms with E-state index >= 15 is 0 Å². The Balaban J connectivity index is 2.26. The third-order valence-corrected chi connectivity index (χ3v) is 3.53. The number of nitrogen functional groups attached to an aromatic ring is 1. The number of carbonyl (C=O) groups excluding carboxylic acids is 1. The largest absolute Gasteiger partial charge is 0.382 e. The molecule has 0 saturated heterocycles. The normalized spacial score (nSPS) is 11.0. The fourth-order valence-electron chi connectivity index (χ4n) is 2.47. The van der Waals surface area contributed by atoms with Crippen LogP contribution in [0.2, 0.25) is 0 Å². The summed E-state index contributed by atoms with van der Waals surface area (Å²) in [6, 6.07) is 0. The quantitative estimate of drug-likeness (QED) is 0.539. The first kappa shape index (κ1) is 16.2. The van der Waals surface area contributed by atoms with Crippen LogP contribution in [0.5, 0.6) is 0 Å². The van der Waals surface area contributed by atoms with Crippen molar-refractivity contribution in [2.45, 2.75) is 39.8 Å². The van der Waals surface area contributed by atoms with Gasteiger partial charge < -0.3 is 20.4 Å². The summed E-state index contributed by atoms with van der Waals surface area (Å²) in [7, 11) is 0. The highest BCUT2D eigenvalue weighted by molar-refractivity contribution is 5.87. The standard InChI is InChI=1S/C15H23N5O2/c1-3-22-9-12-19-13-14(11(2)8-18-15(13)16)20(12)7-5-4-6-17-10-21/h8,10H,3-7,9H2,1-2H3,(H2,16,18)(H,17,21). The molecule has 7 heteroatoms. The van der Waals surface area contributed by atoms with Crippen molar-refractivity contribution in [3.8, 4) is 0 Å². The van der Waals surface area contributed by atoms with E-state index in [1.54, 1.807) is 6.20 Å². The summed E-state index contributed by atoms with van der Waals surface area (Å²) in [6.07, 6.45) is 4.34. The molecule has 2 heterocycles. The molecule has 0 fully saturated rings. The number of fused-ring (bicyclic) bond motifs is 1. The van der Waals surface area contributed by atoms with E-state index in [9.17, 15) is 4.79 Å². The zero-order chi connectivity index (χ0) is 15.9. The molecule has 1 amide bonds. The number of rotatable bonds is 9. The van der Waals surface area contributed by atoms with Crippen molar-refractivity contribution in [2.24, 2.45) is 0 Å². The van der Waals surface area contributed by atoms with Crippen molar-refractivity contribution < 1.29 is 9.53 Å². The van der Waals surface area contributed by atoms with Gasteiger partial charge in [-0.15, -0.1) is 0 Å². The van der Waals surface area contributed by atoms with Gasteiger partial charge >= 0.3 is 0 Å². The summed E-state index contributed by atoms with van der Waals surface area (Å²) in [5.74, 6) is 1.31. The van der Waals surface area contributed by atoms with Crippen LogP contribution < -0.4 is 11.1 Å². The fourth-order valence-corrected chi connectivity index (χ4v) is 2.47. The number of unbranched alkanes of at least 4 members (excludes halogenated alkanes) is 1. The molecule has 2 aromatic heterocycles. The number of hydrogen-bond donors (Lipinski definition) is 2. The summed E-state index contributed by atoms with van der Waals surface area (Å²) in [5, 5.41) is 2.67. The van der Waals surface area contributed by atoms with E-state index in [1.807, 2.05) is 13.8 Å². The second-order valence-electron chi connectivity index (χ2n) is 5.12. The van der Waals surface area contributed by atoms with Gasteiger partial charge in [0.2, 0.25) is 6.41 Å². The van der Waals surface area contributed by atoms with Crippen molar-refractivity contribution in [3.63, 3.8) is 0 Å². The molecule has 0 aliphatic heterocycles. The Morgan fingerprint density at radius 3 is 3.00 bits per heavy atom. The Morgan fingerprint density at radius 1 is 1.45 bits per heavy atom.